The summed E-state index contributed by atoms with van der Waals surface area (Å²) in [6.45, 7) is 0. The molecule has 144 valence electrons. The van der Waals surface area contributed by atoms with Crippen molar-refractivity contribution < 1.29 is 28.9 Å². The summed E-state index contributed by atoms with van der Waals surface area (Å²) in [7, 11) is -3.69. The number of carbonyl (C=O) groups is 3. The normalized spacial score (nSPS) is 14.2. The fourth-order valence-corrected chi connectivity index (χ4v) is 3.84. The van der Waals surface area contributed by atoms with E-state index < -0.39 is 37.4 Å². The Balaban J connectivity index is 2.38. The van der Waals surface area contributed by atoms with Gasteiger partial charge in [-0.3, -0.25) is 14.2 Å². The predicted octanol–water partition coefficient (Wildman–Crippen LogP) is 1.11. The third kappa shape index (κ3) is 9.34. The molecule has 2 atom stereocenters. The van der Waals surface area contributed by atoms with Crippen LogP contribution in [0.5, 0.6) is 0 Å². The van der Waals surface area contributed by atoms with Gasteiger partial charge in [0, 0.05) is 12.6 Å². The van der Waals surface area contributed by atoms with E-state index in [2.05, 4.69) is 5.32 Å². The van der Waals surface area contributed by atoms with Crippen LogP contribution in [0.25, 0.3) is 0 Å². The van der Waals surface area contributed by atoms with Gasteiger partial charge in [0.2, 0.25) is 19.2 Å². The number of rotatable bonds is 12. The van der Waals surface area contributed by atoms with Gasteiger partial charge < -0.3 is 21.1 Å². The van der Waals surface area contributed by atoms with Crippen LogP contribution in [0, 0.1) is 0 Å². The predicted molar refractivity (Wildman–Crippen MR) is 96.9 cm³/mol. The van der Waals surface area contributed by atoms with Gasteiger partial charge in [-0.15, -0.1) is 0 Å². The molecule has 0 heterocycles. The molecule has 1 unspecified atom stereocenters. The lowest BCUT2D eigenvalue weighted by molar-refractivity contribution is -0.141. The maximum Gasteiger partial charge on any atom is 0.326 e. The van der Waals surface area contributed by atoms with Crippen molar-refractivity contribution in [2.24, 2.45) is 5.73 Å². The highest BCUT2D eigenvalue weighted by atomic mass is 31.2. The van der Waals surface area contributed by atoms with E-state index in [4.69, 9.17) is 10.8 Å². The Morgan fingerprint density at radius 2 is 1.81 bits per heavy atom. The summed E-state index contributed by atoms with van der Waals surface area (Å²) in [4.78, 5) is 43.6. The molecule has 0 aliphatic rings. The number of carboxylic acids is 1. The summed E-state index contributed by atoms with van der Waals surface area (Å²) in [5.41, 5.74) is 6.09. The van der Waals surface area contributed by atoms with Crippen molar-refractivity contribution in [3.05, 3.63) is 35.9 Å². The number of amides is 2. The molecule has 0 bridgehead atoms. The first kappa shape index (κ1) is 21.9. The summed E-state index contributed by atoms with van der Waals surface area (Å²) < 4.78 is 12.1. The van der Waals surface area contributed by atoms with E-state index in [1.807, 2.05) is 30.3 Å². The van der Waals surface area contributed by atoms with Crippen LogP contribution in [0.3, 0.4) is 0 Å². The standard InChI is InChI=1S/C17H25N2O6P/c18-15(20)10-9-14(17(22)23)19-16(21)12-26(24,25)11-5-4-8-13-6-2-1-3-7-13/h1-3,6-7,14H,4-5,8-12H2,(H2,18,20)(H,19,21)(H,22,23)(H,24,25)/t14-/m0/s1. The first-order valence-electron chi connectivity index (χ1n) is 8.35. The molecule has 1 aromatic carbocycles. The molecule has 2 amide bonds. The van der Waals surface area contributed by atoms with Gasteiger partial charge in [-0.1, -0.05) is 30.3 Å². The number of nitrogens with two attached hydrogens (primary N) is 1. The molecule has 0 aromatic heterocycles. The molecular weight excluding hydrogens is 359 g/mol. The number of carboxylic acid groups (broad SMARTS) is 1. The highest BCUT2D eigenvalue weighted by Crippen LogP contribution is 2.41. The van der Waals surface area contributed by atoms with Gasteiger partial charge in [-0.05, 0) is 31.2 Å². The molecule has 26 heavy (non-hydrogen) atoms. The summed E-state index contributed by atoms with van der Waals surface area (Å²) in [5.74, 6) is -2.83. The Kier molecular flexibility index (Phi) is 9.02. The first-order chi connectivity index (χ1) is 12.2. The molecular formula is C17H25N2O6P. The molecule has 9 heteroatoms. The molecule has 5 N–H and O–H groups in total. The van der Waals surface area contributed by atoms with Crippen molar-refractivity contribution in [3.8, 4) is 0 Å². The fraction of sp³-hybridized carbons (Fsp3) is 0.471. The molecule has 0 radical (unpaired) electrons. The van der Waals surface area contributed by atoms with Crippen LogP contribution in [-0.4, -0.2) is 46.1 Å². The van der Waals surface area contributed by atoms with Gasteiger partial charge in [0.25, 0.3) is 0 Å². The number of aryl methyl sites for hydroxylation is 1. The van der Waals surface area contributed by atoms with Crippen molar-refractivity contribution in [1.82, 2.24) is 5.32 Å². The van der Waals surface area contributed by atoms with Crippen molar-refractivity contribution in [2.45, 2.75) is 38.1 Å². The van der Waals surface area contributed by atoms with E-state index in [1.54, 1.807) is 0 Å². The van der Waals surface area contributed by atoms with Gasteiger partial charge in [-0.25, -0.2) is 4.79 Å². The summed E-state index contributed by atoms with van der Waals surface area (Å²) in [6.07, 6.45) is 0.968. The minimum absolute atomic E-state index is 0.00766. The molecule has 1 aromatic rings. The zero-order chi connectivity index (χ0) is 19.6. The van der Waals surface area contributed by atoms with Crippen molar-refractivity contribution in [3.63, 3.8) is 0 Å². The van der Waals surface area contributed by atoms with E-state index in [0.29, 0.717) is 12.8 Å². The Bertz CT molecular complexity index is 664. The van der Waals surface area contributed by atoms with Gasteiger partial charge in [0.05, 0.1) is 0 Å². The lowest BCUT2D eigenvalue weighted by Gasteiger charge is -2.16. The van der Waals surface area contributed by atoms with Crippen LogP contribution in [0.4, 0.5) is 0 Å². The summed E-state index contributed by atoms with van der Waals surface area (Å²) in [6, 6.07) is 8.40. The molecule has 0 spiro atoms. The van der Waals surface area contributed by atoms with E-state index >= 15 is 0 Å². The topological polar surface area (TPSA) is 147 Å². The quantitative estimate of drug-likeness (QED) is 0.314. The van der Waals surface area contributed by atoms with Crippen LogP contribution in [0.1, 0.15) is 31.2 Å². The number of benzene rings is 1. The highest BCUT2D eigenvalue weighted by Gasteiger charge is 2.26. The summed E-state index contributed by atoms with van der Waals surface area (Å²) >= 11 is 0. The third-order valence-electron chi connectivity index (χ3n) is 3.77. The van der Waals surface area contributed by atoms with Gasteiger partial charge >= 0.3 is 5.97 Å². The van der Waals surface area contributed by atoms with Gasteiger partial charge in [0.15, 0.2) is 0 Å². The largest absolute Gasteiger partial charge is 0.480 e. The molecule has 8 nitrogen and oxygen atoms in total. The van der Waals surface area contributed by atoms with Gasteiger partial charge in [0.1, 0.15) is 12.2 Å². The van der Waals surface area contributed by atoms with Crippen LogP contribution in [-0.2, 0) is 25.4 Å². The Morgan fingerprint density at radius 3 is 2.38 bits per heavy atom. The van der Waals surface area contributed by atoms with Crippen LogP contribution >= 0.6 is 7.37 Å². The second-order valence-electron chi connectivity index (χ2n) is 6.13. The zero-order valence-corrected chi connectivity index (χ0v) is 15.4. The van der Waals surface area contributed by atoms with Gasteiger partial charge in [-0.2, -0.15) is 0 Å². The number of hydrogen-bond donors (Lipinski definition) is 4. The second kappa shape index (κ2) is 10.7. The van der Waals surface area contributed by atoms with E-state index in [-0.39, 0.29) is 19.0 Å². The Hall–Kier alpha value is -2.18. The lowest BCUT2D eigenvalue weighted by Crippen LogP contribution is -2.42. The van der Waals surface area contributed by atoms with Crippen molar-refractivity contribution in [1.29, 1.82) is 0 Å². The summed E-state index contributed by atoms with van der Waals surface area (Å²) in [5, 5.41) is 11.2. The molecule has 0 aliphatic heterocycles. The molecule has 0 saturated carbocycles. The number of aliphatic carboxylic acids is 1. The maximum absolute atomic E-state index is 12.1. The van der Waals surface area contributed by atoms with E-state index in [9.17, 15) is 23.8 Å². The molecule has 1 rings (SSSR count). The number of unbranched alkanes of at least 4 members (excludes halogenated alkanes) is 1. The first-order valence-corrected chi connectivity index (χ1v) is 10.4. The van der Waals surface area contributed by atoms with Crippen molar-refractivity contribution in [2.75, 3.05) is 12.3 Å². The molecule has 0 saturated heterocycles. The molecule has 0 aliphatic carbocycles. The van der Waals surface area contributed by atoms with Crippen LogP contribution in [0.2, 0.25) is 0 Å². The minimum Gasteiger partial charge on any atom is -0.480 e. The monoisotopic (exact) mass is 384 g/mol. The molecule has 0 fully saturated rings. The Morgan fingerprint density at radius 1 is 1.15 bits per heavy atom. The number of primary amides is 1. The average molecular weight is 384 g/mol. The number of carbonyl (C=O) groups excluding carboxylic acids is 2. The third-order valence-corrected chi connectivity index (χ3v) is 5.57. The number of hydrogen-bond acceptors (Lipinski definition) is 4. The fourth-order valence-electron chi connectivity index (χ4n) is 2.42. The van der Waals surface area contributed by atoms with Crippen LogP contribution in [0.15, 0.2) is 30.3 Å². The highest BCUT2D eigenvalue weighted by molar-refractivity contribution is 7.58. The lowest BCUT2D eigenvalue weighted by atomic mass is 10.1. The van der Waals surface area contributed by atoms with Crippen molar-refractivity contribution >= 4 is 25.2 Å². The average Bonchev–Trinajstić information content (AvgIpc) is 2.55. The minimum atomic E-state index is -3.69. The van der Waals surface area contributed by atoms with Crippen LogP contribution < -0.4 is 11.1 Å². The van der Waals surface area contributed by atoms with E-state index in [1.165, 1.54) is 0 Å². The number of nitrogens with one attached hydrogen (secondary N) is 1. The smallest absolute Gasteiger partial charge is 0.326 e. The maximum atomic E-state index is 12.1. The second-order valence-corrected chi connectivity index (χ2v) is 8.59. The SMILES string of the molecule is NC(=O)CC[C@H](NC(=O)CP(=O)(O)CCCCc1ccccc1)C(=O)O. The Labute approximate surface area is 152 Å². The zero-order valence-electron chi connectivity index (χ0n) is 14.5. The van der Waals surface area contributed by atoms with E-state index in [0.717, 1.165) is 12.0 Å².